The predicted octanol–water partition coefficient (Wildman–Crippen LogP) is 3.56. The first-order valence-corrected chi connectivity index (χ1v) is 8.73. The van der Waals surface area contributed by atoms with Gasteiger partial charge in [-0.1, -0.05) is 6.07 Å². The molecule has 0 saturated heterocycles. The first-order chi connectivity index (χ1) is 10.4. The van der Waals surface area contributed by atoms with Gasteiger partial charge >= 0.3 is 0 Å². The van der Waals surface area contributed by atoms with Crippen molar-refractivity contribution in [2.24, 2.45) is 0 Å². The summed E-state index contributed by atoms with van der Waals surface area (Å²) < 4.78 is 0. The van der Waals surface area contributed by atoms with E-state index in [4.69, 9.17) is 0 Å². The van der Waals surface area contributed by atoms with Crippen LogP contribution in [0.15, 0.2) is 36.0 Å². The van der Waals surface area contributed by atoms with Crippen LogP contribution in [0.5, 0.6) is 0 Å². The van der Waals surface area contributed by atoms with Crippen molar-refractivity contribution in [1.82, 2.24) is 10.3 Å². The van der Waals surface area contributed by atoms with Gasteiger partial charge in [-0.25, -0.2) is 0 Å². The summed E-state index contributed by atoms with van der Waals surface area (Å²) in [5.41, 5.74) is 2.71. The molecule has 110 valence electrons. The van der Waals surface area contributed by atoms with E-state index in [-0.39, 0.29) is 0 Å². The fourth-order valence-corrected chi connectivity index (χ4v) is 3.45. The lowest BCUT2D eigenvalue weighted by molar-refractivity contribution is 0.679. The van der Waals surface area contributed by atoms with Crippen molar-refractivity contribution in [2.45, 2.75) is 50.9 Å². The Bertz CT molecular complexity index is 588. The molecule has 3 nitrogen and oxygen atoms in total. The average Bonchev–Trinajstić information content (AvgIpc) is 3.44. The molecule has 0 aliphatic heterocycles. The summed E-state index contributed by atoms with van der Waals surface area (Å²) in [6.45, 7) is 1.98. The molecule has 0 amide bonds. The van der Waals surface area contributed by atoms with E-state index in [1.807, 2.05) is 23.7 Å². The molecule has 0 bridgehead atoms. The number of hydrogen-bond acceptors (Lipinski definition) is 4. The van der Waals surface area contributed by atoms with E-state index < -0.39 is 0 Å². The second-order valence-electron chi connectivity index (χ2n) is 6.10. The van der Waals surface area contributed by atoms with Gasteiger partial charge in [0.05, 0.1) is 6.54 Å². The van der Waals surface area contributed by atoms with Crippen molar-refractivity contribution in [3.63, 3.8) is 0 Å². The normalized spacial score (nSPS) is 17.9. The van der Waals surface area contributed by atoms with Crippen LogP contribution in [-0.4, -0.2) is 17.1 Å². The van der Waals surface area contributed by atoms with Crippen LogP contribution in [-0.2, 0) is 13.1 Å². The fourth-order valence-electron chi connectivity index (χ4n) is 2.75. The fraction of sp³-hybridized carbons (Fsp3) is 0.471. The molecule has 2 aliphatic rings. The molecule has 0 aromatic carbocycles. The van der Waals surface area contributed by atoms with Crippen LogP contribution < -0.4 is 10.2 Å². The van der Waals surface area contributed by atoms with Crippen molar-refractivity contribution < 1.29 is 0 Å². The molecule has 2 aromatic heterocycles. The zero-order valence-corrected chi connectivity index (χ0v) is 13.0. The van der Waals surface area contributed by atoms with Crippen LogP contribution in [0.1, 0.15) is 36.1 Å². The summed E-state index contributed by atoms with van der Waals surface area (Å²) in [6, 6.07) is 8.03. The maximum absolute atomic E-state index is 4.34. The third-order valence-electron chi connectivity index (χ3n) is 4.24. The number of anilines is 1. The SMILES string of the molecule is c1csc(CN(c2ccncc2CNC2CC2)C2CC2)c1. The minimum atomic E-state index is 0.717. The number of nitrogens with zero attached hydrogens (tertiary/aromatic N) is 2. The van der Waals surface area contributed by atoms with E-state index >= 15 is 0 Å². The number of pyridine rings is 1. The van der Waals surface area contributed by atoms with Gasteiger partial charge in [-0.15, -0.1) is 11.3 Å². The number of nitrogens with one attached hydrogen (secondary N) is 1. The van der Waals surface area contributed by atoms with Gasteiger partial charge in [0, 0.05) is 47.2 Å². The van der Waals surface area contributed by atoms with Crippen molar-refractivity contribution in [2.75, 3.05) is 4.90 Å². The molecule has 2 fully saturated rings. The van der Waals surface area contributed by atoms with E-state index in [1.165, 1.54) is 41.8 Å². The predicted molar refractivity (Wildman–Crippen MR) is 87.6 cm³/mol. The summed E-state index contributed by atoms with van der Waals surface area (Å²) in [5, 5.41) is 5.79. The van der Waals surface area contributed by atoms with Gasteiger partial charge in [0.2, 0.25) is 0 Å². The zero-order valence-electron chi connectivity index (χ0n) is 12.2. The lowest BCUT2D eigenvalue weighted by atomic mass is 10.2. The van der Waals surface area contributed by atoms with Crippen LogP contribution >= 0.6 is 11.3 Å². The van der Waals surface area contributed by atoms with Gasteiger partial charge in [0.15, 0.2) is 0 Å². The van der Waals surface area contributed by atoms with Gasteiger partial charge in [-0.2, -0.15) is 0 Å². The molecule has 2 heterocycles. The molecular weight excluding hydrogens is 278 g/mol. The maximum atomic E-state index is 4.34. The highest BCUT2D eigenvalue weighted by molar-refractivity contribution is 7.09. The first kappa shape index (κ1) is 13.3. The minimum Gasteiger partial charge on any atom is -0.363 e. The highest BCUT2D eigenvalue weighted by Gasteiger charge is 2.31. The highest BCUT2D eigenvalue weighted by Crippen LogP contribution is 2.35. The summed E-state index contributed by atoms with van der Waals surface area (Å²) in [7, 11) is 0. The molecule has 2 saturated carbocycles. The van der Waals surface area contributed by atoms with Crippen molar-refractivity contribution in [1.29, 1.82) is 0 Å². The largest absolute Gasteiger partial charge is 0.363 e. The number of hydrogen-bond donors (Lipinski definition) is 1. The minimum absolute atomic E-state index is 0.717. The van der Waals surface area contributed by atoms with Crippen LogP contribution in [0, 0.1) is 0 Å². The van der Waals surface area contributed by atoms with Gasteiger partial charge in [0.1, 0.15) is 0 Å². The maximum Gasteiger partial charge on any atom is 0.0526 e. The standard InChI is InChI=1S/C17H21N3S/c1-2-16(21-9-1)12-20(15-5-6-15)17-7-8-18-10-13(17)11-19-14-3-4-14/h1-2,7-10,14-15,19H,3-6,11-12H2. The molecule has 21 heavy (non-hydrogen) atoms. The lowest BCUT2D eigenvalue weighted by Crippen LogP contribution is -2.27. The number of aromatic nitrogens is 1. The molecular formula is C17H21N3S. The van der Waals surface area contributed by atoms with Crippen LogP contribution in [0.4, 0.5) is 5.69 Å². The summed E-state index contributed by atoms with van der Waals surface area (Å²) in [6.07, 6.45) is 9.27. The van der Waals surface area contributed by atoms with E-state index in [0.29, 0.717) is 6.04 Å². The Morgan fingerprint density at radius 2 is 2.14 bits per heavy atom. The monoisotopic (exact) mass is 299 g/mol. The van der Waals surface area contributed by atoms with E-state index in [0.717, 1.165) is 19.1 Å². The Kier molecular flexibility index (Phi) is 3.65. The van der Waals surface area contributed by atoms with Gasteiger partial charge in [-0.05, 0) is 43.2 Å². The van der Waals surface area contributed by atoms with E-state index in [2.05, 4.69) is 38.8 Å². The molecule has 0 spiro atoms. The third-order valence-corrected chi connectivity index (χ3v) is 5.10. The van der Waals surface area contributed by atoms with Gasteiger partial charge in [0.25, 0.3) is 0 Å². The molecule has 0 atom stereocenters. The second kappa shape index (κ2) is 5.78. The quantitative estimate of drug-likeness (QED) is 0.847. The Labute approximate surface area is 130 Å². The van der Waals surface area contributed by atoms with Crippen molar-refractivity contribution in [3.8, 4) is 0 Å². The molecule has 2 aliphatic carbocycles. The third kappa shape index (κ3) is 3.27. The summed E-state index contributed by atoms with van der Waals surface area (Å²) in [4.78, 5) is 8.36. The summed E-state index contributed by atoms with van der Waals surface area (Å²) in [5.74, 6) is 0. The first-order valence-electron chi connectivity index (χ1n) is 7.85. The number of thiophene rings is 1. The van der Waals surface area contributed by atoms with E-state index in [1.54, 1.807) is 0 Å². The second-order valence-corrected chi connectivity index (χ2v) is 7.13. The highest BCUT2D eigenvalue weighted by atomic mass is 32.1. The Morgan fingerprint density at radius 3 is 2.86 bits per heavy atom. The molecule has 1 N–H and O–H groups in total. The molecule has 4 rings (SSSR count). The molecule has 0 radical (unpaired) electrons. The van der Waals surface area contributed by atoms with Crippen molar-refractivity contribution in [3.05, 3.63) is 46.4 Å². The summed E-state index contributed by atoms with van der Waals surface area (Å²) >= 11 is 1.85. The molecule has 0 unspecified atom stereocenters. The average molecular weight is 299 g/mol. The Balaban J connectivity index is 1.56. The van der Waals surface area contributed by atoms with Gasteiger partial charge in [-0.3, -0.25) is 4.98 Å². The topological polar surface area (TPSA) is 28.2 Å². The van der Waals surface area contributed by atoms with Crippen LogP contribution in [0.3, 0.4) is 0 Å². The Morgan fingerprint density at radius 1 is 1.24 bits per heavy atom. The zero-order chi connectivity index (χ0) is 14.1. The van der Waals surface area contributed by atoms with Crippen LogP contribution in [0.25, 0.3) is 0 Å². The van der Waals surface area contributed by atoms with E-state index in [9.17, 15) is 0 Å². The molecule has 4 heteroatoms. The molecule has 2 aromatic rings. The van der Waals surface area contributed by atoms with Crippen LogP contribution in [0.2, 0.25) is 0 Å². The number of rotatable bonds is 7. The van der Waals surface area contributed by atoms with Gasteiger partial charge < -0.3 is 10.2 Å². The lowest BCUT2D eigenvalue weighted by Gasteiger charge is -2.26. The Hall–Kier alpha value is -1.39. The van der Waals surface area contributed by atoms with Crippen molar-refractivity contribution >= 4 is 17.0 Å². The smallest absolute Gasteiger partial charge is 0.0526 e.